The Balaban J connectivity index is 2.40. The van der Waals surface area contributed by atoms with Crippen molar-refractivity contribution in [3.05, 3.63) is 56.3 Å². The van der Waals surface area contributed by atoms with Crippen molar-refractivity contribution < 1.29 is 14.8 Å². The smallest absolute Gasteiger partial charge is 0.313 e. The zero-order valence-electron chi connectivity index (χ0n) is 11.1. The molecule has 0 aliphatic carbocycles. The Morgan fingerprint density at radius 1 is 1.57 bits per heavy atom. The lowest BCUT2D eigenvalue weighted by Gasteiger charge is -2.10. The summed E-state index contributed by atoms with van der Waals surface area (Å²) in [7, 11) is 1.52. The van der Waals surface area contributed by atoms with E-state index in [9.17, 15) is 20.0 Å². The molecule has 2 aromatic rings. The van der Waals surface area contributed by atoms with Crippen LogP contribution in [0.1, 0.15) is 17.2 Å². The van der Waals surface area contributed by atoms with E-state index in [1.54, 1.807) is 18.2 Å². The molecule has 0 saturated heterocycles. The molecule has 110 valence electrons. The minimum Gasteiger partial charge on any atom is -0.481 e. The summed E-state index contributed by atoms with van der Waals surface area (Å²) in [4.78, 5) is 21.9. The number of nitro groups is 1. The van der Waals surface area contributed by atoms with E-state index in [2.05, 4.69) is 21.0 Å². The SMILES string of the molecule is Cn1cc([N+](=O)[O-])c(C(Cc2cccc(Br)c2)C(=O)O)n1. The Labute approximate surface area is 128 Å². The van der Waals surface area contributed by atoms with Gasteiger partial charge in [-0.05, 0) is 24.1 Å². The van der Waals surface area contributed by atoms with Gasteiger partial charge < -0.3 is 5.11 Å². The summed E-state index contributed by atoms with van der Waals surface area (Å²) in [5, 5.41) is 24.4. The number of hydrogen-bond acceptors (Lipinski definition) is 4. The number of aliphatic carboxylic acids is 1. The van der Waals surface area contributed by atoms with E-state index < -0.39 is 16.8 Å². The minimum atomic E-state index is -1.14. The second-order valence-electron chi connectivity index (χ2n) is 4.56. The second kappa shape index (κ2) is 6.04. The van der Waals surface area contributed by atoms with Crippen LogP contribution in [-0.2, 0) is 18.3 Å². The first kappa shape index (κ1) is 15.2. The van der Waals surface area contributed by atoms with E-state index >= 15 is 0 Å². The lowest BCUT2D eigenvalue weighted by molar-refractivity contribution is -0.385. The van der Waals surface area contributed by atoms with Gasteiger partial charge in [0.2, 0.25) is 0 Å². The number of aryl methyl sites for hydroxylation is 1. The van der Waals surface area contributed by atoms with Crippen LogP contribution in [0.15, 0.2) is 34.9 Å². The van der Waals surface area contributed by atoms with Crippen LogP contribution in [0.25, 0.3) is 0 Å². The van der Waals surface area contributed by atoms with E-state index in [0.29, 0.717) is 0 Å². The summed E-state index contributed by atoms with van der Waals surface area (Å²) >= 11 is 3.31. The summed E-state index contributed by atoms with van der Waals surface area (Å²) in [6, 6.07) is 7.16. The third-order valence-corrected chi connectivity index (χ3v) is 3.48. The highest BCUT2D eigenvalue weighted by molar-refractivity contribution is 9.10. The molecule has 1 unspecified atom stereocenters. The second-order valence-corrected chi connectivity index (χ2v) is 5.47. The van der Waals surface area contributed by atoms with E-state index in [1.807, 2.05) is 6.07 Å². The average Bonchev–Trinajstić information content (AvgIpc) is 2.77. The van der Waals surface area contributed by atoms with Crippen LogP contribution in [-0.4, -0.2) is 25.8 Å². The van der Waals surface area contributed by atoms with Gasteiger partial charge in [-0.1, -0.05) is 28.1 Å². The Morgan fingerprint density at radius 3 is 2.86 bits per heavy atom. The van der Waals surface area contributed by atoms with E-state index in [0.717, 1.165) is 10.0 Å². The average molecular weight is 354 g/mol. The molecule has 0 amide bonds. The molecule has 1 heterocycles. The lowest BCUT2D eigenvalue weighted by Crippen LogP contribution is -2.16. The van der Waals surface area contributed by atoms with Gasteiger partial charge in [0.1, 0.15) is 12.1 Å². The van der Waals surface area contributed by atoms with Crippen molar-refractivity contribution in [1.29, 1.82) is 0 Å². The maximum atomic E-state index is 11.5. The molecule has 1 aromatic carbocycles. The summed E-state index contributed by atoms with van der Waals surface area (Å²) in [6.07, 6.45) is 1.35. The number of rotatable bonds is 5. The van der Waals surface area contributed by atoms with Crippen molar-refractivity contribution in [3.8, 4) is 0 Å². The third kappa shape index (κ3) is 3.46. The Morgan fingerprint density at radius 2 is 2.29 bits per heavy atom. The molecule has 1 atom stereocenters. The zero-order valence-corrected chi connectivity index (χ0v) is 12.6. The van der Waals surface area contributed by atoms with Crippen LogP contribution in [0, 0.1) is 10.1 Å². The minimum absolute atomic E-state index is 0.0324. The number of carboxylic acids is 1. The molecule has 0 fully saturated rings. The van der Waals surface area contributed by atoms with Crippen LogP contribution >= 0.6 is 15.9 Å². The van der Waals surface area contributed by atoms with Crippen molar-refractivity contribution in [3.63, 3.8) is 0 Å². The molecule has 0 aliphatic rings. The maximum absolute atomic E-state index is 11.5. The topological polar surface area (TPSA) is 98.3 Å². The van der Waals surface area contributed by atoms with Crippen LogP contribution in [0.2, 0.25) is 0 Å². The molecule has 0 aliphatic heterocycles. The first-order valence-electron chi connectivity index (χ1n) is 6.03. The van der Waals surface area contributed by atoms with Gasteiger partial charge in [-0.3, -0.25) is 19.6 Å². The predicted octanol–water partition coefficient (Wildman–Crippen LogP) is 2.50. The molecule has 0 radical (unpaired) electrons. The summed E-state index contributed by atoms with van der Waals surface area (Å²) < 4.78 is 2.07. The van der Waals surface area contributed by atoms with Gasteiger partial charge in [0.15, 0.2) is 5.69 Å². The van der Waals surface area contributed by atoms with Gasteiger partial charge in [0.05, 0.1) is 4.92 Å². The summed E-state index contributed by atoms with van der Waals surface area (Å²) in [5.74, 6) is -2.21. The molecule has 1 aromatic heterocycles. The molecule has 8 heteroatoms. The fourth-order valence-electron chi connectivity index (χ4n) is 2.08. The molecular weight excluding hydrogens is 342 g/mol. The standard InChI is InChI=1S/C13H12BrN3O4/c1-16-7-11(17(20)21)12(15-16)10(13(18)19)6-8-3-2-4-9(14)5-8/h2-5,7,10H,6H2,1H3,(H,18,19). The highest BCUT2D eigenvalue weighted by Crippen LogP contribution is 2.28. The number of halogens is 1. The number of hydrogen-bond donors (Lipinski definition) is 1. The Hall–Kier alpha value is -2.22. The van der Waals surface area contributed by atoms with E-state index in [4.69, 9.17) is 0 Å². The van der Waals surface area contributed by atoms with Crippen molar-refractivity contribution in [2.45, 2.75) is 12.3 Å². The molecule has 0 spiro atoms. The molecule has 7 nitrogen and oxygen atoms in total. The van der Waals surface area contributed by atoms with Crippen molar-refractivity contribution in [1.82, 2.24) is 9.78 Å². The maximum Gasteiger partial charge on any atom is 0.313 e. The number of aromatic nitrogens is 2. The number of benzene rings is 1. The monoisotopic (exact) mass is 353 g/mol. The van der Waals surface area contributed by atoms with Crippen LogP contribution in [0.5, 0.6) is 0 Å². The molecule has 0 saturated carbocycles. The normalized spacial score (nSPS) is 12.1. The van der Waals surface area contributed by atoms with E-state index in [1.165, 1.54) is 17.9 Å². The van der Waals surface area contributed by atoms with Crippen molar-refractivity contribution in [2.24, 2.45) is 7.05 Å². The van der Waals surface area contributed by atoms with Crippen LogP contribution in [0.4, 0.5) is 5.69 Å². The molecule has 21 heavy (non-hydrogen) atoms. The predicted molar refractivity (Wildman–Crippen MR) is 78.1 cm³/mol. The van der Waals surface area contributed by atoms with Crippen LogP contribution < -0.4 is 0 Å². The van der Waals surface area contributed by atoms with Gasteiger partial charge >= 0.3 is 11.7 Å². The first-order valence-corrected chi connectivity index (χ1v) is 6.83. The fraction of sp³-hybridized carbons (Fsp3) is 0.231. The molecular formula is C13H12BrN3O4. The fourth-order valence-corrected chi connectivity index (χ4v) is 2.53. The molecule has 2 rings (SSSR count). The quantitative estimate of drug-likeness (QED) is 0.657. The summed E-state index contributed by atoms with van der Waals surface area (Å²) in [5.41, 5.74) is 0.451. The van der Waals surface area contributed by atoms with Gasteiger partial charge in [-0.25, -0.2) is 0 Å². The Kier molecular flexibility index (Phi) is 4.37. The number of carbonyl (C=O) groups is 1. The van der Waals surface area contributed by atoms with Crippen molar-refractivity contribution >= 4 is 27.6 Å². The first-order chi connectivity index (χ1) is 9.88. The van der Waals surface area contributed by atoms with E-state index in [-0.39, 0.29) is 17.8 Å². The highest BCUT2D eigenvalue weighted by Gasteiger charge is 2.31. The highest BCUT2D eigenvalue weighted by atomic mass is 79.9. The third-order valence-electron chi connectivity index (χ3n) is 2.99. The number of carboxylic acid groups (broad SMARTS) is 1. The van der Waals surface area contributed by atoms with Gasteiger partial charge in [0.25, 0.3) is 0 Å². The molecule has 0 bridgehead atoms. The summed E-state index contributed by atoms with van der Waals surface area (Å²) in [6.45, 7) is 0. The van der Waals surface area contributed by atoms with Gasteiger partial charge in [-0.15, -0.1) is 0 Å². The largest absolute Gasteiger partial charge is 0.481 e. The lowest BCUT2D eigenvalue weighted by atomic mass is 9.95. The van der Waals surface area contributed by atoms with Crippen LogP contribution in [0.3, 0.4) is 0 Å². The van der Waals surface area contributed by atoms with Crippen molar-refractivity contribution in [2.75, 3.05) is 0 Å². The zero-order chi connectivity index (χ0) is 15.6. The number of nitrogens with zero attached hydrogens (tertiary/aromatic N) is 3. The van der Waals surface area contributed by atoms with Gasteiger partial charge in [-0.2, -0.15) is 5.10 Å². The molecule has 1 N–H and O–H groups in total. The Bertz CT molecular complexity index is 698. The van der Waals surface area contributed by atoms with Gasteiger partial charge in [0, 0.05) is 11.5 Å².